The van der Waals surface area contributed by atoms with Gasteiger partial charge in [-0.15, -0.1) is 0 Å². The summed E-state index contributed by atoms with van der Waals surface area (Å²) in [4.78, 5) is 12.3. The Balaban J connectivity index is 2.39. The number of carbonyl (C=O) groups is 1. The summed E-state index contributed by atoms with van der Waals surface area (Å²) in [7, 11) is 1.71. The summed E-state index contributed by atoms with van der Waals surface area (Å²) in [6.07, 6.45) is 1.05. The van der Waals surface area contributed by atoms with Gasteiger partial charge in [-0.1, -0.05) is 30.3 Å². The molecule has 17 heavy (non-hydrogen) atoms. The minimum atomic E-state index is -0.431. The highest BCUT2D eigenvalue weighted by molar-refractivity contribution is 5.88. The van der Waals surface area contributed by atoms with Crippen LogP contribution in [0.1, 0.15) is 18.9 Å². The van der Waals surface area contributed by atoms with Crippen molar-refractivity contribution < 1.29 is 4.79 Å². The zero-order valence-corrected chi connectivity index (χ0v) is 10.5. The molecule has 0 spiro atoms. The normalized spacial score (nSPS) is 23.1. The summed E-state index contributed by atoms with van der Waals surface area (Å²) in [5.41, 5.74) is 0.674. The number of nitrogens with one attached hydrogen (secondary N) is 2. The van der Waals surface area contributed by atoms with Crippen LogP contribution in [0.2, 0.25) is 0 Å². The molecule has 0 saturated carbocycles. The summed E-state index contributed by atoms with van der Waals surface area (Å²) in [6.45, 7) is 3.97. The maximum atomic E-state index is 12.3. The number of carbonyl (C=O) groups excluding carboxylic acids is 1. The van der Waals surface area contributed by atoms with Crippen LogP contribution < -0.4 is 10.6 Å². The molecule has 0 radical (unpaired) electrons. The van der Waals surface area contributed by atoms with Crippen molar-refractivity contribution in [1.82, 2.24) is 10.6 Å². The van der Waals surface area contributed by atoms with Crippen LogP contribution >= 0.6 is 0 Å². The molecule has 3 nitrogen and oxygen atoms in total. The Morgan fingerprint density at radius 2 is 2.12 bits per heavy atom. The molecule has 1 heterocycles. The summed E-state index contributed by atoms with van der Waals surface area (Å²) < 4.78 is 0. The number of benzene rings is 1. The van der Waals surface area contributed by atoms with Crippen LogP contribution in [-0.4, -0.2) is 26.0 Å². The van der Waals surface area contributed by atoms with Crippen molar-refractivity contribution >= 4 is 5.91 Å². The Bertz CT molecular complexity index is 384. The van der Waals surface area contributed by atoms with Crippen molar-refractivity contribution in [3.63, 3.8) is 0 Å². The second-order valence-corrected chi connectivity index (χ2v) is 4.84. The van der Waals surface area contributed by atoms with Crippen LogP contribution in [0.5, 0.6) is 0 Å². The van der Waals surface area contributed by atoms with Crippen molar-refractivity contribution in [2.75, 3.05) is 20.1 Å². The predicted octanol–water partition coefficient (Wildman–Crippen LogP) is 1.30. The fourth-order valence-electron chi connectivity index (χ4n) is 2.74. The first-order chi connectivity index (χ1) is 8.19. The van der Waals surface area contributed by atoms with E-state index < -0.39 is 5.41 Å². The van der Waals surface area contributed by atoms with E-state index in [9.17, 15) is 4.79 Å². The highest BCUT2D eigenvalue weighted by Crippen LogP contribution is 2.35. The number of rotatable bonds is 3. The summed E-state index contributed by atoms with van der Waals surface area (Å²) in [5.74, 6) is 0.474. The van der Waals surface area contributed by atoms with E-state index in [0.29, 0.717) is 5.92 Å². The molecule has 1 aliphatic rings. The average molecular weight is 232 g/mol. The van der Waals surface area contributed by atoms with Gasteiger partial charge in [-0.2, -0.15) is 0 Å². The van der Waals surface area contributed by atoms with Gasteiger partial charge in [0.25, 0.3) is 0 Å². The quantitative estimate of drug-likeness (QED) is 0.825. The zero-order valence-electron chi connectivity index (χ0n) is 10.5. The molecule has 1 aliphatic heterocycles. The molecule has 3 heteroatoms. The van der Waals surface area contributed by atoms with Crippen LogP contribution in [0.25, 0.3) is 0 Å². The Morgan fingerprint density at radius 1 is 1.41 bits per heavy atom. The summed E-state index contributed by atoms with van der Waals surface area (Å²) in [5, 5.41) is 6.16. The van der Waals surface area contributed by atoms with Crippen LogP contribution in [-0.2, 0) is 10.2 Å². The van der Waals surface area contributed by atoms with Crippen LogP contribution in [0.3, 0.4) is 0 Å². The number of hydrogen-bond acceptors (Lipinski definition) is 2. The van der Waals surface area contributed by atoms with E-state index in [1.54, 1.807) is 7.05 Å². The van der Waals surface area contributed by atoms with Gasteiger partial charge in [0.2, 0.25) is 5.91 Å². The van der Waals surface area contributed by atoms with E-state index in [1.165, 1.54) is 0 Å². The number of hydrogen-bond donors (Lipinski definition) is 2. The first-order valence-corrected chi connectivity index (χ1v) is 6.18. The van der Waals surface area contributed by atoms with E-state index in [1.807, 2.05) is 30.3 Å². The van der Waals surface area contributed by atoms with Gasteiger partial charge in [-0.05, 0) is 37.9 Å². The molecule has 0 aromatic heterocycles. The minimum Gasteiger partial charge on any atom is -0.358 e. The standard InChI is InChI=1S/C14H20N2O/c1-14(13(17)15-2,12-8-9-16-10-12)11-6-4-3-5-7-11/h3-7,12,16H,8-10H2,1-2H3,(H,15,17). The fourth-order valence-corrected chi connectivity index (χ4v) is 2.74. The first kappa shape index (κ1) is 12.1. The van der Waals surface area contributed by atoms with E-state index >= 15 is 0 Å². The minimum absolute atomic E-state index is 0.109. The first-order valence-electron chi connectivity index (χ1n) is 6.18. The largest absolute Gasteiger partial charge is 0.358 e. The number of amides is 1. The molecule has 1 fully saturated rings. The van der Waals surface area contributed by atoms with Crippen molar-refractivity contribution in [2.24, 2.45) is 5.92 Å². The molecule has 2 atom stereocenters. The lowest BCUT2D eigenvalue weighted by Gasteiger charge is -2.34. The smallest absolute Gasteiger partial charge is 0.230 e. The molecule has 0 bridgehead atoms. The molecule has 2 N–H and O–H groups in total. The highest BCUT2D eigenvalue weighted by Gasteiger charge is 2.43. The van der Waals surface area contributed by atoms with Gasteiger partial charge < -0.3 is 10.6 Å². The van der Waals surface area contributed by atoms with Gasteiger partial charge >= 0.3 is 0 Å². The molecule has 1 amide bonds. The summed E-state index contributed by atoms with van der Waals surface area (Å²) in [6, 6.07) is 10.1. The van der Waals surface area contributed by atoms with Crippen LogP contribution in [0.15, 0.2) is 30.3 Å². The van der Waals surface area contributed by atoms with Gasteiger partial charge in [0.15, 0.2) is 0 Å². The third kappa shape index (κ3) is 2.07. The molecular weight excluding hydrogens is 212 g/mol. The maximum absolute atomic E-state index is 12.3. The maximum Gasteiger partial charge on any atom is 0.230 e. The third-order valence-corrected chi connectivity index (χ3v) is 3.95. The SMILES string of the molecule is CNC(=O)C(C)(c1ccccc1)C1CCNC1. The van der Waals surface area contributed by atoms with Crippen molar-refractivity contribution in [1.29, 1.82) is 0 Å². The molecule has 92 valence electrons. The van der Waals surface area contributed by atoms with Gasteiger partial charge in [0.1, 0.15) is 0 Å². The van der Waals surface area contributed by atoms with Crippen molar-refractivity contribution in [3.8, 4) is 0 Å². The van der Waals surface area contributed by atoms with Gasteiger partial charge in [-0.25, -0.2) is 0 Å². The van der Waals surface area contributed by atoms with Crippen LogP contribution in [0, 0.1) is 5.92 Å². The second kappa shape index (κ2) is 4.88. The van der Waals surface area contributed by atoms with Gasteiger partial charge in [-0.3, -0.25) is 4.79 Å². The predicted molar refractivity (Wildman–Crippen MR) is 68.8 cm³/mol. The topological polar surface area (TPSA) is 41.1 Å². The lowest BCUT2D eigenvalue weighted by Crippen LogP contribution is -2.47. The Labute approximate surface area is 103 Å². The lowest BCUT2D eigenvalue weighted by atomic mass is 9.70. The molecule has 0 aliphatic carbocycles. The van der Waals surface area contributed by atoms with E-state index in [4.69, 9.17) is 0 Å². The third-order valence-electron chi connectivity index (χ3n) is 3.95. The van der Waals surface area contributed by atoms with Gasteiger partial charge in [0.05, 0.1) is 5.41 Å². The Morgan fingerprint density at radius 3 is 2.65 bits per heavy atom. The molecular formula is C14H20N2O. The molecule has 1 aromatic rings. The average Bonchev–Trinajstić information content (AvgIpc) is 2.92. The molecule has 2 rings (SSSR count). The second-order valence-electron chi connectivity index (χ2n) is 4.84. The van der Waals surface area contributed by atoms with E-state index in [-0.39, 0.29) is 5.91 Å². The zero-order chi connectivity index (χ0) is 12.3. The van der Waals surface area contributed by atoms with E-state index in [2.05, 4.69) is 17.6 Å². The Kier molecular flexibility index (Phi) is 3.48. The molecule has 1 aromatic carbocycles. The summed E-state index contributed by atoms with van der Waals surface area (Å²) >= 11 is 0. The van der Waals surface area contributed by atoms with Crippen molar-refractivity contribution in [3.05, 3.63) is 35.9 Å². The monoisotopic (exact) mass is 232 g/mol. The van der Waals surface area contributed by atoms with Crippen molar-refractivity contribution in [2.45, 2.75) is 18.8 Å². The fraction of sp³-hybridized carbons (Fsp3) is 0.500. The lowest BCUT2D eigenvalue weighted by molar-refractivity contribution is -0.127. The number of likely N-dealkylation sites (N-methyl/N-ethyl adjacent to an activating group) is 1. The molecule has 2 unspecified atom stereocenters. The molecule has 1 saturated heterocycles. The van der Waals surface area contributed by atoms with E-state index in [0.717, 1.165) is 25.1 Å². The Hall–Kier alpha value is -1.35. The highest BCUT2D eigenvalue weighted by atomic mass is 16.2. The van der Waals surface area contributed by atoms with Crippen LogP contribution in [0.4, 0.5) is 0 Å². The van der Waals surface area contributed by atoms with Gasteiger partial charge in [0, 0.05) is 7.05 Å².